The Morgan fingerprint density at radius 3 is 2.48 bits per heavy atom. The van der Waals surface area contributed by atoms with Crippen molar-refractivity contribution in [3.05, 3.63) is 24.3 Å². The van der Waals surface area contributed by atoms with Gasteiger partial charge in [0.1, 0.15) is 12.3 Å². The van der Waals surface area contributed by atoms with Gasteiger partial charge in [-0.3, -0.25) is 4.79 Å². The van der Waals surface area contributed by atoms with E-state index >= 15 is 0 Å². The maximum Gasteiger partial charge on any atom is 0.242 e. The Bertz CT molecular complexity index is 555. The zero-order valence-corrected chi connectivity index (χ0v) is 17.3. The number of hydrogen-bond donors (Lipinski definition) is 3. The lowest BCUT2D eigenvalue weighted by atomic mass is 9.95. The molecule has 0 unspecified atom stereocenters. The summed E-state index contributed by atoms with van der Waals surface area (Å²) in [4.78, 5) is 16.0. The molecule has 1 aromatic carbocycles. The Morgan fingerprint density at radius 2 is 1.88 bits per heavy atom. The fourth-order valence-electron chi connectivity index (χ4n) is 2.75. The van der Waals surface area contributed by atoms with E-state index in [-0.39, 0.29) is 48.5 Å². The number of nitrogens with two attached hydrogens (primary N) is 1. The number of carbonyl (C=O) groups is 1. The summed E-state index contributed by atoms with van der Waals surface area (Å²) in [5.41, 5.74) is 6.64. The largest absolute Gasteiger partial charge is 0.491 e. The minimum atomic E-state index is -0.0765. The molecule has 4 N–H and O–H groups in total. The normalized spacial score (nSPS) is 15.4. The highest BCUT2D eigenvalue weighted by Crippen LogP contribution is 2.17. The lowest BCUT2D eigenvalue weighted by Gasteiger charge is -2.22. The average Bonchev–Trinajstić information content (AvgIpc) is 2.55. The van der Waals surface area contributed by atoms with Crippen LogP contribution in [-0.2, 0) is 4.79 Å². The zero-order valence-electron chi connectivity index (χ0n) is 15.0. The van der Waals surface area contributed by atoms with E-state index in [1.165, 1.54) is 19.3 Å². The van der Waals surface area contributed by atoms with Gasteiger partial charge in [-0.15, -0.1) is 24.0 Å². The fourth-order valence-corrected chi connectivity index (χ4v) is 2.75. The molecule has 1 aliphatic carbocycles. The first-order valence-electron chi connectivity index (χ1n) is 8.66. The van der Waals surface area contributed by atoms with Crippen LogP contribution in [0.1, 0.15) is 46.0 Å². The van der Waals surface area contributed by atoms with Crippen LogP contribution in [0.4, 0.5) is 5.69 Å². The molecule has 7 heteroatoms. The first-order chi connectivity index (χ1) is 11.5. The SMILES string of the molecule is CC(C)Oc1ccc(NC(N)=NCC(=O)NC2CCCCC2)cc1.I. The van der Waals surface area contributed by atoms with Crippen molar-refractivity contribution in [1.29, 1.82) is 0 Å². The van der Waals surface area contributed by atoms with Gasteiger partial charge >= 0.3 is 0 Å². The molecular weight excluding hydrogens is 431 g/mol. The summed E-state index contributed by atoms with van der Waals surface area (Å²) in [5.74, 6) is 0.955. The number of ether oxygens (including phenoxy) is 1. The van der Waals surface area contributed by atoms with Gasteiger partial charge in [0.2, 0.25) is 5.91 Å². The number of rotatable bonds is 6. The van der Waals surface area contributed by atoms with E-state index in [1.54, 1.807) is 0 Å². The van der Waals surface area contributed by atoms with Crippen LogP contribution in [0.5, 0.6) is 5.75 Å². The van der Waals surface area contributed by atoms with Gasteiger partial charge in [-0.1, -0.05) is 19.3 Å². The second-order valence-corrected chi connectivity index (χ2v) is 6.42. The number of nitrogens with zero attached hydrogens (tertiary/aromatic N) is 1. The number of nitrogens with one attached hydrogen (secondary N) is 2. The summed E-state index contributed by atoms with van der Waals surface area (Å²) in [7, 11) is 0. The summed E-state index contributed by atoms with van der Waals surface area (Å²) in [6.07, 6.45) is 5.91. The maximum atomic E-state index is 11.9. The molecule has 25 heavy (non-hydrogen) atoms. The predicted octanol–water partition coefficient (Wildman–Crippen LogP) is 3.27. The highest BCUT2D eigenvalue weighted by Gasteiger charge is 2.15. The molecule has 1 saturated carbocycles. The van der Waals surface area contributed by atoms with Gasteiger partial charge in [-0.05, 0) is 51.0 Å². The lowest BCUT2D eigenvalue weighted by molar-refractivity contribution is -0.120. The van der Waals surface area contributed by atoms with E-state index in [1.807, 2.05) is 38.1 Å². The molecule has 0 aromatic heterocycles. The third-order valence-corrected chi connectivity index (χ3v) is 3.86. The van der Waals surface area contributed by atoms with Crippen LogP contribution >= 0.6 is 24.0 Å². The monoisotopic (exact) mass is 460 g/mol. The molecule has 0 bridgehead atoms. The molecule has 0 spiro atoms. The van der Waals surface area contributed by atoms with E-state index in [0.717, 1.165) is 24.3 Å². The summed E-state index contributed by atoms with van der Waals surface area (Å²) in [5, 5.41) is 5.99. The van der Waals surface area contributed by atoms with E-state index in [4.69, 9.17) is 10.5 Å². The van der Waals surface area contributed by atoms with Gasteiger partial charge < -0.3 is 21.1 Å². The van der Waals surface area contributed by atoms with Crippen LogP contribution in [-0.4, -0.2) is 30.6 Å². The van der Waals surface area contributed by atoms with Crippen molar-refractivity contribution in [2.24, 2.45) is 10.7 Å². The molecule has 0 radical (unpaired) electrons. The number of benzene rings is 1. The van der Waals surface area contributed by atoms with Crippen molar-refractivity contribution in [3.8, 4) is 5.75 Å². The van der Waals surface area contributed by atoms with Crippen LogP contribution < -0.4 is 21.1 Å². The van der Waals surface area contributed by atoms with E-state index in [9.17, 15) is 4.79 Å². The number of aliphatic imine (C=N–C) groups is 1. The van der Waals surface area contributed by atoms with Crippen molar-refractivity contribution in [2.45, 2.75) is 58.1 Å². The Labute approximate surface area is 167 Å². The lowest BCUT2D eigenvalue weighted by Crippen LogP contribution is -2.38. The number of amides is 1. The van der Waals surface area contributed by atoms with Crippen molar-refractivity contribution >= 4 is 41.5 Å². The maximum absolute atomic E-state index is 11.9. The van der Waals surface area contributed by atoms with Gasteiger partial charge in [-0.2, -0.15) is 0 Å². The smallest absolute Gasteiger partial charge is 0.242 e. The van der Waals surface area contributed by atoms with E-state index in [2.05, 4.69) is 15.6 Å². The Kier molecular flexibility index (Phi) is 9.62. The predicted molar refractivity (Wildman–Crippen MR) is 113 cm³/mol. The molecule has 1 amide bonds. The second-order valence-electron chi connectivity index (χ2n) is 6.42. The molecule has 140 valence electrons. The van der Waals surface area contributed by atoms with Crippen LogP contribution in [0, 0.1) is 0 Å². The first kappa shape index (κ1) is 21.5. The average molecular weight is 460 g/mol. The van der Waals surface area contributed by atoms with E-state index < -0.39 is 0 Å². The van der Waals surface area contributed by atoms with Gasteiger partial charge in [0.05, 0.1) is 6.10 Å². The summed E-state index contributed by atoms with van der Waals surface area (Å²) in [6, 6.07) is 7.75. The molecule has 0 heterocycles. The third kappa shape index (κ3) is 8.42. The topological polar surface area (TPSA) is 88.7 Å². The molecule has 0 saturated heterocycles. The minimum absolute atomic E-state index is 0. The molecule has 0 aliphatic heterocycles. The van der Waals surface area contributed by atoms with Crippen molar-refractivity contribution < 1.29 is 9.53 Å². The standard InChI is InChI=1S/C18H28N4O2.HI/c1-13(2)24-16-10-8-15(9-11-16)22-18(19)20-12-17(23)21-14-6-4-3-5-7-14;/h8-11,13-14H,3-7,12H2,1-2H3,(H,21,23)(H3,19,20,22);1H. The third-order valence-electron chi connectivity index (χ3n) is 3.86. The van der Waals surface area contributed by atoms with Gasteiger partial charge in [0.15, 0.2) is 5.96 Å². The van der Waals surface area contributed by atoms with Crippen molar-refractivity contribution in [2.75, 3.05) is 11.9 Å². The molecule has 6 nitrogen and oxygen atoms in total. The number of halogens is 1. The number of carbonyl (C=O) groups excluding carboxylic acids is 1. The van der Waals surface area contributed by atoms with E-state index in [0.29, 0.717) is 6.04 Å². The van der Waals surface area contributed by atoms with Crippen molar-refractivity contribution in [3.63, 3.8) is 0 Å². The van der Waals surface area contributed by atoms with Crippen LogP contribution in [0.2, 0.25) is 0 Å². The fraction of sp³-hybridized carbons (Fsp3) is 0.556. The summed E-state index contributed by atoms with van der Waals surface area (Å²) < 4.78 is 5.58. The second kappa shape index (κ2) is 11.2. The van der Waals surface area contributed by atoms with Crippen LogP contribution in [0.25, 0.3) is 0 Å². The molecular formula is C18H29IN4O2. The van der Waals surface area contributed by atoms with Crippen LogP contribution in [0.15, 0.2) is 29.3 Å². The Hall–Kier alpha value is -1.51. The number of hydrogen-bond acceptors (Lipinski definition) is 3. The number of guanidine groups is 1. The molecule has 1 aliphatic rings. The number of anilines is 1. The zero-order chi connectivity index (χ0) is 17.4. The molecule has 1 aromatic rings. The van der Waals surface area contributed by atoms with Crippen molar-refractivity contribution in [1.82, 2.24) is 5.32 Å². The van der Waals surface area contributed by atoms with Gasteiger partial charge in [-0.25, -0.2) is 4.99 Å². The Balaban J connectivity index is 0.00000312. The minimum Gasteiger partial charge on any atom is -0.491 e. The summed E-state index contributed by atoms with van der Waals surface area (Å²) in [6.45, 7) is 4.01. The quantitative estimate of drug-likeness (QED) is 0.346. The Morgan fingerprint density at radius 1 is 1.24 bits per heavy atom. The molecule has 0 atom stereocenters. The first-order valence-corrected chi connectivity index (χ1v) is 8.66. The molecule has 2 rings (SSSR count). The summed E-state index contributed by atoms with van der Waals surface area (Å²) >= 11 is 0. The van der Waals surface area contributed by atoms with Gasteiger partial charge in [0, 0.05) is 11.7 Å². The highest BCUT2D eigenvalue weighted by atomic mass is 127. The van der Waals surface area contributed by atoms with Gasteiger partial charge in [0.25, 0.3) is 0 Å². The molecule has 1 fully saturated rings. The highest BCUT2D eigenvalue weighted by molar-refractivity contribution is 14.0. The van der Waals surface area contributed by atoms with Crippen LogP contribution in [0.3, 0.4) is 0 Å².